The Morgan fingerprint density at radius 3 is 2.34 bits per heavy atom. The molecule has 1 saturated heterocycles. The molecule has 1 aliphatic rings. The summed E-state index contributed by atoms with van der Waals surface area (Å²) in [4.78, 5) is 2.39. The van der Waals surface area contributed by atoms with Crippen molar-refractivity contribution in [1.82, 2.24) is 4.90 Å². The van der Waals surface area contributed by atoms with Gasteiger partial charge in [-0.2, -0.15) is 13.2 Å². The number of alkyl halides is 3. The number of aryl methyl sites for hydroxylation is 1. The summed E-state index contributed by atoms with van der Waals surface area (Å²) in [6.45, 7) is 14.6. The Labute approximate surface area is 195 Å². The van der Waals surface area contributed by atoms with Gasteiger partial charge in [0.15, 0.2) is 0 Å². The first-order valence-corrected chi connectivity index (χ1v) is 11.6. The minimum atomic E-state index is -4.46. The lowest BCUT2D eigenvalue weighted by atomic mass is 9.87. The molecule has 5 heteroatoms. The molecular formula is C27H33ClF3N. The molecule has 0 N–H and O–H groups in total. The van der Waals surface area contributed by atoms with Crippen LogP contribution in [0, 0.1) is 18.3 Å². The van der Waals surface area contributed by atoms with Crippen molar-refractivity contribution in [2.24, 2.45) is 11.3 Å². The molecule has 0 radical (unpaired) electrons. The molecule has 0 aromatic heterocycles. The van der Waals surface area contributed by atoms with Crippen LogP contribution >= 0.6 is 11.6 Å². The van der Waals surface area contributed by atoms with Crippen LogP contribution in [0.3, 0.4) is 0 Å². The van der Waals surface area contributed by atoms with Crippen LogP contribution in [0.1, 0.15) is 56.7 Å². The summed E-state index contributed by atoms with van der Waals surface area (Å²) in [5.74, 6) is 0.513. The molecule has 1 aliphatic heterocycles. The van der Waals surface area contributed by atoms with Crippen LogP contribution in [0.15, 0.2) is 48.7 Å². The fraction of sp³-hybridized carbons (Fsp3) is 0.481. The van der Waals surface area contributed by atoms with Crippen molar-refractivity contribution >= 4 is 11.6 Å². The Morgan fingerprint density at radius 1 is 1.09 bits per heavy atom. The molecule has 0 spiro atoms. The zero-order valence-electron chi connectivity index (χ0n) is 19.5. The lowest BCUT2D eigenvalue weighted by Crippen LogP contribution is -2.34. The number of halogens is 4. The second-order valence-corrected chi connectivity index (χ2v) is 10.7. The number of benzene rings is 2. The van der Waals surface area contributed by atoms with Crippen molar-refractivity contribution in [3.63, 3.8) is 0 Å². The number of rotatable bonds is 5. The molecule has 2 aromatic carbocycles. The zero-order valence-corrected chi connectivity index (χ0v) is 20.2. The minimum absolute atomic E-state index is 0.0694. The van der Waals surface area contributed by atoms with Crippen LogP contribution in [0.2, 0.25) is 5.02 Å². The lowest BCUT2D eigenvalue weighted by Gasteiger charge is -2.37. The third kappa shape index (κ3) is 6.31. The topological polar surface area (TPSA) is 3.24 Å². The van der Waals surface area contributed by atoms with Crippen LogP contribution in [0.25, 0.3) is 11.1 Å². The third-order valence-corrected chi connectivity index (χ3v) is 6.37. The van der Waals surface area contributed by atoms with E-state index in [0.29, 0.717) is 17.0 Å². The Kier molecular flexibility index (Phi) is 7.34. The van der Waals surface area contributed by atoms with Crippen LogP contribution in [0.4, 0.5) is 13.2 Å². The summed E-state index contributed by atoms with van der Waals surface area (Å²) in [5, 5.41) is 0.139. The summed E-state index contributed by atoms with van der Waals surface area (Å²) < 4.78 is 41.1. The van der Waals surface area contributed by atoms with Gasteiger partial charge < -0.3 is 4.90 Å². The number of piperidine rings is 1. The molecule has 32 heavy (non-hydrogen) atoms. The van der Waals surface area contributed by atoms with Crippen molar-refractivity contribution in [3.8, 4) is 11.1 Å². The number of hydrogen-bond acceptors (Lipinski definition) is 1. The van der Waals surface area contributed by atoms with Crippen LogP contribution in [-0.2, 0) is 12.6 Å². The highest BCUT2D eigenvalue weighted by atomic mass is 35.5. The number of allylic oxidation sites excluding steroid dienone is 1. The first kappa shape index (κ1) is 24.7. The largest absolute Gasteiger partial charge is 0.417 e. The van der Waals surface area contributed by atoms with Gasteiger partial charge in [0.05, 0.1) is 5.56 Å². The van der Waals surface area contributed by atoms with Crippen LogP contribution in [0.5, 0.6) is 0 Å². The summed E-state index contributed by atoms with van der Waals surface area (Å²) in [5.41, 5.74) is 2.90. The van der Waals surface area contributed by atoms with Gasteiger partial charge in [-0.25, -0.2) is 0 Å². The number of likely N-dealkylation sites (tertiary alicyclic amines) is 1. The van der Waals surface area contributed by atoms with Gasteiger partial charge in [0, 0.05) is 29.4 Å². The summed E-state index contributed by atoms with van der Waals surface area (Å²) in [7, 11) is 0. The van der Waals surface area contributed by atoms with Crippen molar-refractivity contribution in [1.29, 1.82) is 0 Å². The van der Waals surface area contributed by atoms with E-state index in [1.807, 2.05) is 18.2 Å². The quantitative estimate of drug-likeness (QED) is 0.429. The van der Waals surface area contributed by atoms with E-state index >= 15 is 0 Å². The first-order valence-electron chi connectivity index (χ1n) is 11.2. The van der Waals surface area contributed by atoms with Gasteiger partial charge in [-0.3, -0.25) is 0 Å². The summed E-state index contributed by atoms with van der Waals surface area (Å²) in [6, 6.07) is 10.2. The van der Waals surface area contributed by atoms with Gasteiger partial charge in [-0.1, -0.05) is 63.2 Å². The maximum Gasteiger partial charge on any atom is 0.417 e. The lowest BCUT2D eigenvalue weighted by molar-refractivity contribution is -0.137. The van der Waals surface area contributed by atoms with Gasteiger partial charge >= 0.3 is 6.18 Å². The molecular weight excluding hydrogens is 431 g/mol. The highest BCUT2D eigenvalue weighted by Gasteiger charge is 2.35. The van der Waals surface area contributed by atoms with Crippen molar-refractivity contribution < 1.29 is 13.2 Å². The molecule has 1 heterocycles. The second-order valence-electron chi connectivity index (χ2n) is 10.3. The van der Waals surface area contributed by atoms with Gasteiger partial charge in [0.2, 0.25) is 0 Å². The molecule has 1 nitrogen and oxygen atoms in total. The Balaban J connectivity index is 1.73. The van der Waals surface area contributed by atoms with E-state index in [1.54, 1.807) is 19.1 Å². The monoisotopic (exact) mass is 463 g/mol. The zero-order chi connectivity index (χ0) is 23.7. The van der Waals surface area contributed by atoms with E-state index in [4.69, 9.17) is 11.6 Å². The smallest absolute Gasteiger partial charge is 0.375 e. The molecule has 0 amide bonds. The van der Waals surface area contributed by atoms with E-state index in [2.05, 4.69) is 32.3 Å². The molecule has 3 rings (SSSR count). The number of hydrogen-bond donors (Lipinski definition) is 0. The van der Waals surface area contributed by atoms with Gasteiger partial charge in [-0.15, -0.1) is 0 Å². The number of nitrogens with zero attached hydrogens (tertiary/aromatic N) is 1. The van der Waals surface area contributed by atoms with Crippen LogP contribution < -0.4 is 0 Å². The molecule has 174 valence electrons. The van der Waals surface area contributed by atoms with Gasteiger partial charge in [0.1, 0.15) is 0 Å². The SMILES string of the molecule is C=C(CC(C)(C)C)N1CCC(Cc2cccc(-c3c(Cl)cc(C)cc3C(F)(F)F)c2)CC1. The average molecular weight is 464 g/mol. The van der Waals surface area contributed by atoms with E-state index in [9.17, 15) is 13.2 Å². The van der Waals surface area contributed by atoms with E-state index in [1.165, 1.54) is 11.8 Å². The van der Waals surface area contributed by atoms with E-state index < -0.39 is 11.7 Å². The van der Waals surface area contributed by atoms with Crippen LogP contribution in [-0.4, -0.2) is 18.0 Å². The Bertz CT molecular complexity index is 964. The fourth-order valence-corrected chi connectivity index (χ4v) is 5.01. The summed E-state index contributed by atoms with van der Waals surface area (Å²) in [6.07, 6.45) is -0.487. The Hall–Kier alpha value is -1.94. The van der Waals surface area contributed by atoms with Gasteiger partial charge in [-0.05, 0) is 72.8 Å². The molecule has 0 saturated carbocycles. The Morgan fingerprint density at radius 2 is 1.75 bits per heavy atom. The molecule has 0 atom stereocenters. The first-order chi connectivity index (χ1) is 14.8. The van der Waals surface area contributed by atoms with E-state index in [-0.39, 0.29) is 16.0 Å². The van der Waals surface area contributed by atoms with Crippen molar-refractivity contribution in [2.45, 2.75) is 59.6 Å². The van der Waals surface area contributed by atoms with E-state index in [0.717, 1.165) is 44.3 Å². The maximum absolute atomic E-state index is 13.7. The van der Waals surface area contributed by atoms with Crippen molar-refractivity contribution in [2.75, 3.05) is 13.1 Å². The molecule has 0 unspecified atom stereocenters. The second kappa shape index (κ2) is 9.51. The predicted octanol–water partition coefficient (Wildman–Crippen LogP) is 8.54. The average Bonchev–Trinajstić information content (AvgIpc) is 2.66. The summed E-state index contributed by atoms with van der Waals surface area (Å²) >= 11 is 6.30. The van der Waals surface area contributed by atoms with Crippen molar-refractivity contribution in [3.05, 3.63) is 70.4 Å². The minimum Gasteiger partial charge on any atom is -0.375 e. The predicted molar refractivity (Wildman–Crippen MR) is 128 cm³/mol. The molecule has 2 aromatic rings. The molecule has 0 aliphatic carbocycles. The standard InChI is InChI=1S/C27H33ClF3N/c1-18-13-23(27(29,30)31)25(24(28)14-18)22-8-6-7-21(16-22)15-20-9-11-32(12-10-20)19(2)17-26(3,4)5/h6-8,13-14,16,20H,2,9-12,15,17H2,1,3-5H3. The highest BCUT2D eigenvalue weighted by molar-refractivity contribution is 6.33. The third-order valence-electron chi connectivity index (χ3n) is 6.08. The normalized spacial score (nSPS) is 15.8. The fourth-order valence-electron chi connectivity index (χ4n) is 4.62. The van der Waals surface area contributed by atoms with Gasteiger partial charge in [0.25, 0.3) is 0 Å². The molecule has 0 bridgehead atoms. The molecule has 1 fully saturated rings. The maximum atomic E-state index is 13.7. The highest BCUT2D eigenvalue weighted by Crippen LogP contribution is 2.42.